The Morgan fingerprint density at radius 3 is 2.79 bits per heavy atom. The number of esters is 1. The van der Waals surface area contributed by atoms with Gasteiger partial charge in [0.05, 0.1) is 13.0 Å². The molecule has 2 N–H and O–H groups in total. The van der Waals surface area contributed by atoms with Crippen molar-refractivity contribution in [1.29, 1.82) is 0 Å². The van der Waals surface area contributed by atoms with E-state index in [1.807, 2.05) is 0 Å². The molecular formula is C9H16N2O3. The van der Waals surface area contributed by atoms with Crippen LogP contribution in [0.25, 0.3) is 0 Å². The third-order valence-corrected chi connectivity index (χ3v) is 2.34. The van der Waals surface area contributed by atoms with E-state index in [0.717, 1.165) is 13.0 Å². The molecule has 1 aliphatic rings. The van der Waals surface area contributed by atoms with Crippen LogP contribution in [-0.2, 0) is 14.3 Å². The van der Waals surface area contributed by atoms with Crippen LogP contribution in [0.5, 0.6) is 0 Å². The zero-order chi connectivity index (χ0) is 10.6. The third kappa shape index (κ3) is 2.70. The Kier molecular flexibility index (Phi) is 3.88. The molecule has 0 spiro atoms. The summed E-state index contributed by atoms with van der Waals surface area (Å²) in [6.45, 7) is 3.18. The van der Waals surface area contributed by atoms with Crippen molar-refractivity contribution in [1.82, 2.24) is 10.6 Å². The number of carbonyl (C=O) groups is 2. The van der Waals surface area contributed by atoms with E-state index in [1.54, 1.807) is 6.92 Å². The van der Waals surface area contributed by atoms with E-state index in [4.69, 9.17) is 0 Å². The molecule has 0 bridgehead atoms. The number of hydrogen-bond donors (Lipinski definition) is 2. The van der Waals surface area contributed by atoms with Gasteiger partial charge in [0.15, 0.2) is 0 Å². The summed E-state index contributed by atoms with van der Waals surface area (Å²) >= 11 is 0. The average Bonchev–Trinajstić information content (AvgIpc) is 2.69. The van der Waals surface area contributed by atoms with Crippen LogP contribution in [0.2, 0.25) is 0 Å². The summed E-state index contributed by atoms with van der Waals surface area (Å²) in [5.74, 6) is -0.501. The van der Waals surface area contributed by atoms with Gasteiger partial charge in [0.1, 0.15) is 6.04 Å². The minimum Gasteiger partial charge on any atom is -0.467 e. The maximum Gasteiger partial charge on any atom is 0.328 e. The highest BCUT2D eigenvalue weighted by molar-refractivity contribution is 5.85. The molecule has 0 aromatic heterocycles. The molecule has 1 amide bonds. The lowest BCUT2D eigenvalue weighted by Crippen LogP contribution is -2.42. The van der Waals surface area contributed by atoms with Crippen molar-refractivity contribution in [3.63, 3.8) is 0 Å². The molecule has 0 aromatic rings. The highest BCUT2D eigenvalue weighted by Crippen LogP contribution is 2.07. The van der Waals surface area contributed by atoms with Gasteiger partial charge in [-0.15, -0.1) is 0 Å². The standard InChI is InChI=1S/C9H16N2O3/c1-6(9(13)14-2)11-8(12)7-3-4-10-5-7/h6-7,10H,3-5H2,1-2H3,(H,11,12)/t6-,7-/m0/s1. The van der Waals surface area contributed by atoms with Gasteiger partial charge in [-0.2, -0.15) is 0 Å². The van der Waals surface area contributed by atoms with Gasteiger partial charge in [0.25, 0.3) is 0 Å². The Morgan fingerprint density at radius 1 is 1.57 bits per heavy atom. The summed E-state index contributed by atoms with van der Waals surface area (Å²) in [6.07, 6.45) is 0.833. The van der Waals surface area contributed by atoms with Crippen molar-refractivity contribution in [3.8, 4) is 0 Å². The first-order chi connectivity index (χ1) is 6.65. The largest absolute Gasteiger partial charge is 0.467 e. The lowest BCUT2D eigenvalue weighted by molar-refractivity contribution is -0.144. The van der Waals surface area contributed by atoms with Crippen LogP contribution < -0.4 is 10.6 Å². The van der Waals surface area contributed by atoms with Gasteiger partial charge in [0.2, 0.25) is 5.91 Å². The highest BCUT2D eigenvalue weighted by atomic mass is 16.5. The zero-order valence-corrected chi connectivity index (χ0v) is 8.50. The Labute approximate surface area is 83.2 Å². The monoisotopic (exact) mass is 200 g/mol. The summed E-state index contributed by atoms with van der Waals surface area (Å²) < 4.78 is 4.51. The van der Waals surface area contributed by atoms with Crippen LogP contribution in [0.4, 0.5) is 0 Å². The number of ether oxygens (including phenoxy) is 1. The fraction of sp³-hybridized carbons (Fsp3) is 0.778. The SMILES string of the molecule is COC(=O)[C@H](C)NC(=O)[C@H]1CCNC1. The minimum atomic E-state index is -0.562. The van der Waals surface area contributed by atoms with Crippen LogP contribution in [-0.4, -0.2) is 38.1 Å². The van der Waals surface area contributed by atoms with Gasteiger partial charge in [-0.25, -0.2) is 4.79 Å². The Morgan fingerprint density at radius 2 is 2.29 bits per heavy atom. The van der Waals surface area contributed by atoms with Crippen LogP contribution in [0.1, 0.15) is 13.3 Å². The van der Waals surface area contributed by atoms with Gasteiger partial charge in [-0.05, 0) is 19.9 Å². The topological polar surface area (TPSA) is 67.4 Å². The van der Waals surface area contributed by atoms with Crippen molar-refractivity contribution < 1.29 is 14.3 Å². The summed E-state index contributed by atoms with van der Waals surface area (Å²) in [5, 5.41) is 5.71. The number of methoxy groups -OCH3 is 1. The van der Waals surface area contributed by atoms with E-state index in [1.165, 1.54) is 7.11 Å². The quantitative estimate of drug-likeness (QED) is 0.590. The van der Waals surface area contributed by atoms with Gasteiger partial charge in [-0.3, -0.25) is 4.79 Å². The Bertz CT molecular complexity index is 224. The summed E-state index contributed by atoms with van der Waals surface area (Å²) in [4.78, 5) is 22.5. The smallest absolute Gasteiger partial charge is 0.328 e. The van der Waals surface area contributed by atoms with Crippen LogP contribution in [0, 0.1) is 5.92 Å². The number of amides is 1. The molecule has 1 aliphatic heterocycles. The lowest BCUT2D eigenvalue weighted by atomic mass is 10.1. The highest BCUT2D eigenvalue weighted by Gasteiger charge is 2.25. The van der Waals surface area contributed by atoms with Crippen molar-refractivity contribution in [2.75, 3.05) is 20.2 Å². The molecule has 1 heterocycles. The van der Waals surface area contributed by atoms with Gasteiger partial charge in [-0.1, -0.05) is 0 Å². The van der Waals surface area contributed by atoms with Crippen molar-refractivity contribution in [2.24, 2.45) is 5.92 Å². The second kappa shape index (κ2) is 4.95. The molecule has 0 saturated carbocycles. The molecule has 1 saturated heterocycles. The Balaban J connectivity index is 2.35. The molecule has 1 rings (SSSR count). The van der Waals surface area contributed by atoms with Crippen molar-refractivity contribution in [2.45, 2.75) is 19.4 Å². The molecule has 2 atom stereocenters. The third-order valence-electron chi connectivity index (χ3n) is 2.34. The summed E-state index contributed by atoms with van der Waals surface area (Å²) in [5.41, 5.74) is 0. The first-order valence-corrected chi connectivity index (χ1v) is 4.74. The predicted octanol–water partition coefficient (Wildman–Crippen LogP) is -0.726. The second-order valence-electron chi connectivity index (χ2n) is 3.44. The number of hydrogen-bond acceptors (Lipinski definition) is 4. The minimum absolute atomic E-state index is 0.0119. The summed E-state index contributed by atoms with van der Waals surface area (Å²) in [6, 6.07) is -0.562. The van der Waals surface area contributed by atoms with E-state index >= 15 is 0 Å². The molecule has 0 aromatic carbocycles. The summed E-state index contributed by atoms with van der Waals surface area (Å²) in [7, 11) is 1.31. The molecule has 0 unspecified atom stereocenters. The van der Waals surface area contributed by atoms with Crippen molar-refractivity contribution >= 4 is 11.9 Å². The predicted molar refractivity (Wildman–Crippen MR) is 50.6 cm³/mol. The maximum atomic E-state index is 11.5. The van der Waals surface area contributed by atoms with Crippen LogP contribution >= 0.6 is 0 Å². The fourth-order valence-electron chi connectivity index (χ4n) is 1.45. The number of carbonyl (C=O) groups excluding carboxylic acids is 2. The maximum absolute atomic E-state index is 11.5. The van der Waals surface area contributed by atoms with Crippen LogP contribution in [0.15, 0.2) is 0 Å². The average molecular weight is 200 g/mol. The zero-order valence-electron chi connectivity index (χ0n) is 8.50. The molecular weight excluding hydrogens is 184 g/mol. The van der Waals surface area contributed by atoms with Crippen molar-refractivity contribution in [3.05, 3.63) is 0 Å². The van der Waals surface area contributed by atoms with Gasteiger partial charge in [0, 0.05) is 6.54 Å². The molecule has 14 heavy (non-hydrogen) atoms. The molecule has 1 fully saturated rings. The van der Waals surface area contributed by atoms with E-state index in [0.29, 0.717) is 6.54 Å². The molecule has 5 heteroatoms. The molecule has 80 valence electrons. The second-order valence-corrected chi connectivity index (χ2v) is 3.44. The van der Waals surface area contributed by atoms with E-state index in [-0.39, 0.29) is 11.8 Å². The van der Waals surface area contributed by atoms with Gasteiger partial charge < -0.3 is 15.4 Å². The fourth-order valence-corrected chi connectivity index (χ4v) is 1.45. The van der Waals surface area contributed by atoms with Gasteiger partial charge >= 0.3 is 5.97 Å². The number of rotatable bonds is 3. The normalized spacial score (nSPS) is 22.9. The molecule has 0 radical (unpaired) electrons. The lowest BCUT2D eigenvalue weighted by Gasteiger charge is -2.14. The number of nitrogens with one attached hydrogen (secondary N) is 2. The van der Waals surface area contributed by atoms with E-state index in [9.17, 15) is 9.59 Å². The first-order valence-electron chi connectivity index (χ1n) is 4.74. The van der Waals surface area contributed by atoms with E-state index in [2.05, 4.69) is 15.4 Å². The first kappa shape index (κ1) is 11.0. The van der Waals surface area contributed by atoms with E-state index < -0.39 is 12.0 Å². The van der Waals surface area contributed by atoms with Crippen LogP contribution in [0.3, 0.4) is 0 Å². The molecule has 0 aliphatic carbocycles. The Hall–Kier alpha value is -1.10. The molecule has 5 nitrogen and oxygen atoms in total.